The van der Waals surface area contributed by atoms with Crippen LogP contribution in [0.3, 0.4) is 0 Å². The van der Waals surface area contributed by atoms with E-state index in [0.29, 0.717) is 25.9 Å². The lowest BCUT2D eigenvalue weighted by Crippen LogP contribution is -2.44. The molecule has 0 aromatic rings. The van der Waals surface area contributed by atoms with Crippen LogP contribution in [0.1, 0.15) is 32.1 Å². The number of carbonyl (C=O) groups excluding carboxylic acids is 2. The molecule has 2 rings (SSSR count). The Labute approximate surface area is 101 Å². The Morgan fingerprint density at radius 2 is 2.29 bits per heavy atom. The van der Waals surface area contributed by atoms with E-state index in [4.69, 9.17) is 5.11 Å². The number of hydrogen-bond acceptors (Lipinski definition) is 3. The minimum absolute atomic E-state index is 0.0352. The van der Waals surface area contributed by atoms with Crippen molar-refractivity contribution in [2.45, 2.75) is 32.1 Å². The zero-order valence-corrected chi connectivity index (χ0v) is 10.00. The van der Waals surface area contributed by atoms with Crippen molar-refractivity contribution in [3.63, 3.8) is 0 Å². The maximum absolute atomic E-state index is 11.9. The minimum Gasteiger partial charge on any atom is -0.396 e. The zero-order chi connectivity index (χ0) is 12.3. The average molecular weight is 240 g/mol. The third-order valence-corrected chi connectivity index (χ3v) is 3.87. The Morgan fingerprint density at radius 1 is 1.53 bits per heavy atom. The molecule has 0 aromatic heterocycles. The number of hydrogen-bond donors (Lipinski definition) is 3. The van der Waals surface area contributed by atoms with Crippen LogP contribution in [-0.2, 0) is 9.59 Å². The molecular weight excluding hydrogens is 220 g/mol. The lowest BCUT2D eigenvalue weighted by atomic mass is 9.97. The maximum Gasteiger partial charge on any atom is 0.224 e. The van der Waals surface area contributed by atoms with Crippen LogP contribution in [0.25, 0.3) is 0 Å². The molecule has 3 N–H and O–H groups in total. The number of carbonyl (C=O) groups is 2. The van der Waals surface area contributed by atoms with E-state index in [0.717, 1.165) is 19.3 Å². The second-order valence-corrected chi connectivity index (χ2v) is 5.23. The summed E-state index contributed by atoms with van der Waals surface area (Å²) in [6, 6.07) is 0. The highest BCUT2D eigenvalue weighted by molar-refractivity contribution is 5.83. The van der Waals surface area contributed by atoms with Gasteiger partial charge in [0.15, 0.2) is 0 Å². The van der Waals surface area contributed by atoms with E-state index in [1.54, 1.807) is 0 Å². The van der Waals surface area contributed by atoms with Crippen LogP contribution in [0, 0.1) is 11.3 Å². The van der Waals surface area contributed by atoms with Crippen molar-refractivity contribution in [1.29, 1.82) is 0 Å². The molecule has 2 amide bonds. The maximum atomic E-state index is 11.9. The van der Waals surface area contributed by atoms with Gasteiger partial charge in [-0.3, -0.25) is 9.59 Å². The summed E-state index contributed by atoms with van der Waals surface area (Å²) in [5.41, 5.74) is 0.155. The molecule has 96 valence electrons. The van der Waals surface area contributed by atoms with E-state index in [9.17, 15) is 9.59 Å². The summed E-state index contributed by atoms with van der Waals surface area (Å²) in [5, 5.41) is 14.6. The second-order valence-electron chi connectivity index (χ2n) is 5.23. The van der Waals surface area contributed by atoms with Crippen LogP contribution in [-0.4, -0.2) is 36.6 Å². The van der Waals surface area contributed by atoms with Gasteiger partial charge in [0.1, 0.15) is 0 Å². The van der Waals surface area contributed by atoms with Gasteiger partial charge in [-0.2, -0.15) is 0 Å². The number of piperidine rings is 1. The summed E-state index contributed by atoms with van der Waals surface area (Å²) >= 11 is 0. The first-order valence-electron chi connectivity index (χ1n) is 6.30. The second kappa shape index (κ2) is 5.04. The van der Waals surface area contributed by atoms with Crippen molar-refractivity contribution in [2.24, 2.45) is 11.3 Å². The molecule has 0 spiro atoms. The van der Waals surface area contributed by atoms with Gasteiger partial charge in [-0.05, 0) is 31.1 Å². The predicted molar refractivity (Wildman–Crippen MR) is 62.1 cm³/mol. The molecule has 1 saturated heterocycles. The molecule has 1 saturated carbocycles. The van der Waals surface area contributed by atoms with Gasteiger partial charge in [0.05, 0.1) is 5.92 Å². The summed E-state index contributed by atoms with van der Waals surface area (Å²) in [6.45, 7) is 1.31. The quantitative estimate of drug-likeness (QED) is 0.622. The Kier molecular flexibility index (Phi) is 3.66. The zero-order valence-electron chi connectivity index (χ0n) is 10.00. The van der Waals surface area contributed by atoms with Crippen molar-refractivity contribution in [2.75, 3.05) is 19.7 Å². The lowest BCUT2D eigenvalue weighted by molar-refractivity contribution is -0.129. The summed E-state index contributed by atoms with van der Waals surface area (Å²) in [4.78, 5) is 22.8. The average Bonchev–Trinajstić information content (AvgIpc) is 3.08. The van der Waals surface area contributed by atoms with Gasteiger partial charge < -0.3 is 15.7 Å². The summed E-state index contributed by atoms with van der Waals surface area (Å²) < 4.78 is 0. The Bertz CT molecular complexity index is 303. The van der Waals surface area contributed by atoms with E-state index in [-0.39, 0.29) is 29.8 Å². The van der Waals surface area contributed by atoms with Gasteiger partial charge in [-0.1, -0.05) is 0 Å². The van der Waals surface area contributed by atoms with E-state index >= 15 is 0 Å². The number of aliphatic hydroxyl groups is 1. The molecule has 1 unspecified atom stereocenters. The van der Waals surface area contributed by atoms with Crippen LogP contribution in [0.4, 0.5) is 0 Å². The predicted octanol–water partition coefficient (Wildman–Crippen LogP) is -0.209. The first-order chi connectivity index (χ1) is 8.15. The van der Waals surface area contributed by atoms with Gasteiger partial charge in [0.25, 0.3) is 0 Å². The van der Waals surface area contributed by atoms with E-state index in [1.165, 1.54) is 0 Å². The molecule has 0 aromatic carbocycles. The third kappa shape index (κ3) is 3.19. The Balaban J connectivity index is 1.72. The van der Waals surface area contributed by atoms with Gasteiger partial charge in [0.2, 0.25) is 11.8 Å². The third-order valence-electron chi connectivity index (χ3n) is 3.87. The van der Waals surface area contributed by atoms with Crippen LogP contribution in [0.5, 0.6) is 0 Å². The van der Waals surface area contributed by atoms with Crippen molar-refractivity contribution in [1.82, 2.24) is 10.6 Å². The topological polar surface area (TPSA) is 78.4 Å². The van der Waals surface area contributed by atoms with E-state index in [1.807, 2.05) is 0 Å². The minimum atomic E-state index is -0.0855. The Morgan fingerprint density at radius 3 is 2.82 bits per heavy atom. The normalized spacial score (nSPS) is 26.2. The van der Waals surface area contributed by atoms with Crippen molar-refractivity contribution < 1.29 is 14.7 Å². The molecule has 2 fully saturated rings. The summed E-state index contributed by atoms with van der Waals surface area (Å²) in [7, 11) is 0. The molecule has 17 heavy (non-hydrogen) atoms. The van der Waals surface area contributed by atoms with Gasteiger partial charge in [-0.25, -0.2) is 0 Å². The van der Waals surface area contributed by atoms with Crippen LogP contribution < -0.4 is 10.6 Å². The number of amides is 2. The molecule has 1 atom stereocenters. The molecular formula is C12H20N2O3. The van der Waals surface area contributed by atoms with Crippen LogP contribution >= 0.6 is 0 Å². The molecule has 1 heterocycles. The van der Waals surface area contributed by atoms with Crippen LogP contribution in [0.15, 0.2) is 0 Å². The van der Waals surface area contributed by atoms with Crippen molar-refractivity contribution >= 4 is 11.8 Å². The SMILES string of the molecule is O=C1CCC(C(=O)NCC2(CCO)CC2)CN1. The summed E-state index contributed by atoms with van der Waals surface area (Å²) in [5.74, 6) is -0.0140. The van der Waals surface area contributed by atoms with Crippen molar-refractivity contribution in [3.8, 4) is 0 Å². The number of aliphatic hydroxyl groups excluding tert-OH is 1. The van der Waals surface area contributed by atoms with Gasteiger partial charge in [0, 0.05) is 26.1 Å². The standard InChI is InChI=1S/C12H20N2O3/c15-6-5-12(3-4-12)8-14-11(17)9-1-2-10(16)13-7-9/h9,15H,1-8H2,(H,13,16)(H,14,17). The first-order valence-corrected chi connectivity index (χ1v) is 6.30. The molecule has 0 bridgehead atoms. The first kappa shape index (κ1) is 12.4. The fourth-order valence-corrected chi connectivity index (χ4v) is 2.30. The monoisotopic (exact) mass is 240 g/mol. The number of nitrogens with one attached hydrogen (secondary N) is 2. The summed E-state index contributed by atoms with van der Waals surface area (Å²) in [6.07, 6.45) is 4.05. The van der Waals surface area contributed by atoms with Gasteiger partial charge >= 0.3 is 0 Å². The lowest BCUT2D eigenvalue weighted by Gasteiger charge is -2.23. The van der Waals surface area contributed by atoms with Gasteiger partial charge in [-0.15, -0.1) is 0 Å². The highest BCUT2D eigenvalue weighted by atomic mass is 16.3. The molecule has 1 aliphatic carbocycles. The molecule has 5 heteroatoms. The highest BCUT2D eigenvalue weighted by Gasteiger charge is 2.42. The fraction of sp³-hybridized carbons (Fsp3) is 0.833. The molecule has 0 radical (unpaired) electrons. The number of rotatable bonds is 5. The van der Waals surface area contributed by atoms with E-state index < -0.39 is 0 Å². The molecule has 5 nitrogen and oxygen atoms in total. The fourth-order valence-electron chi connectivity index (χ4n) is 2.30. The smallest absolute Gasteiger partial charge is 0.224 e. The molecule has 1 aliphatic heterocycles. The van der Waals surface area contributed by atoms with Crippen LogP contribution in [0.2, 0.25) is 0 Å². The van der Waals surface area contributed by atoms with E-state index in [2.05, 4.69) is 10.6 Å². The van der Waals surface area contributed by atoms with Crippen molar-refractivity contribution in [3.05, 3.63) is 0 Å². The largest absolute Gasteiger partial charge is 0.396 e. The highest BCUT2D eigenvalue weighted by Crippen LogP contribution is 2.47. The Hall–Kier alpha value is -1.10. The molecule has 2 aliphatic rings.